The summed E-state index contributed by atoms with van der Waals surface area (Å²) in [5, 5.41) is 3.50. The van der Waals surface area contributed by atoms with E-state index in [0.29, 0.717) is 11.3 Å². The first-order chi connectivity index (χ1) is 9.11. The topological polar surface area (TPSA) is 90.4 Å². The highest BCUT2D eigenvalue weighted by Crippen LogP contribution is 2.20. The van der Waals surface area contributed by atoms with Crippen molar-refractivity contribution in [1.82, 2.24) is 10.6 Å². The standard InChI is InChI=1S/C12H12FN3O3/c1-7-3-2-4-10(11(7)13)18-6-8-5-9(16-19-8)12(17)15-14/h2-5H,6,14H2,1H3,(H,15,17). The Hall–Kier alpha value is -2.41. The van der Waals surface area contributed by atoms with Crippen LogP contribution in [0.2, 0.25) is 0 Å². The Balaban J connectivity index is 2.04. The molecule has 0 saturated heterocycles. The van der Waals surface area contributed by atoms with Gasteiger partial charge in [-0.2, -0.15) is 0 Å². The van der Waals surface area contributed by atoms with Gasteiger partial charge in [0.25, 0.3) is 5.91 Å². The first-order valence-electron chi connectivity index (χ1n) is 5.46. The van der Waals surface area contributed by atoms with Crippen LogP contribution in [0.25, 0.3) is 0 Å². The molecule has 19 heavy (non-hydrogen) atoms. The van der Waals surface area contributed by atoms with Crippen LogP contribution in [-0.4, -0.2) is 11.1 Å². The first-order valence-corrected chi connectivity index (χ1v) is 5.46. The molecule has 0 saturated carbocycles. The molecule has 0 atom stereocenters. The van der Waals surface area contributed by atoms with Gasteiger partial charge < -0.3 is 9.26 Å². The number of halogens is 1. The van der Waals surface area contributed by atoms with Crippen molar-refractivity contribution in [3.05, 3.63) is 47.1 Å². The van der Waals surface area contributed by atoms with Gasteiger partial charge in [-0.05, 0) is 18.6 Å². The maximum absolute atomic E-state index is 13.6. The molecular formula is C12H12FN3O3. The van der Waals surface area contributed by atoms with Gasteiger partial charge in [0, 0.05) is 6.07 Å². The normalized spacial score (nSPS) is 10.3. The third-order valence-corrected chi connectivity index (χ3v) is 2.45. The van der Waals surface area contributed by atoms with Crippen molar-refractivity contribution in [2.24, 2.45) is 5.84 Å². The Morgan fingerprint density at radius 3 is 3.11 bits per heavy atom. The molecule has 0 fully saturated rings. The summed E-state index contributed by atoms with van der Waals surface area (Å²) in [6, 6.07) is 6.20. The summed E-state index contributed by atoms with van der Waals surface area (Å²) < 4.78 is 23.8. The lowest BCUT2D eigenvalue weighted by Crippen LogP contribution is -2.30. The number of benzene rings is 1. The van der Waals surface area contributed by atoms with E-state index in [1.54, 1.807) is 19.1 Å². The minimum absolute atomic E-state index is 0.0332. The highest BCUT2D eigenvalue weighted by Gasteiger charge is 2.12. The van der Waals surface area contributed by atoms with E-state index in [-0.39, 0.29) is 18.1 Å². The average Bonchev–Trinajstić information content (AvgIpc) is 2.88. The highest BCUT2D eigenvalue weighted by atomic mass is 19.1. The minimum atomic E-state index is -0.572. The average molecular weight is 265 g/mol. The van der Waals surface area contributed by atoms with Crippen molar-refractivity contribution in [1.29, 1.82) is 0 Å². The van der Waals surface area contributed by atoms with Gasteiger partial charge in [-0.25, -0.2) is 10.2 Å². The molecule has 3 N–H and O–H groups in total. The molecule has 0 spiro atoms. The Labute approximate surface area is 108 Å². The maximum Gasteiger partial charge on any atom is 0.287 e. The van der Waals surface area contributed by atoms with Gasteiger partial charge in [0.1, 0.15) is 6.61 Å². The molecule has 1 amide bonds. The third kappa shape index (κ3) is 2.89. The van der Waals surface area contributed by atoms with Gasteiger partial charge in [0.05, 0.1) is 0 Å². The summed E-state index contributed by atoms with van der Waals surface area (Å²) in [4.78, 5) is 11.1. The Kier molecular flexibility index (Phi) is 3.76. The SMILES string of the molecule is Cc1cccc(OCc2cc(C(=O)NN)no2)c1F. The van der Waals surface area contributed by atoms with Crippen LogP contribution in [0.4, 0.5) is 4.39 Å². The molecule has 0 unspecified atom stereocenters. The molecule has 1 heterocycles. The lowest BCUT2D eigenvalue weighted by molar-refractivity contribution is 0.0944. The molecule has 0 aliphatic heterocycles. The zero-order valence-corrected chi connectivity index (χ0v) is 10.1. The molecule has 0 aliphatic carbocycles. The van der Waals surface area contributed by atoms with Crippen LogP contribution < -0.4 is 16.0 Å². The first kappa shape index (κ1) is 13.0. The smallest absolute Gasteiger partial charge is 0.287 e. The van der Waals surface area contributed by atoms with Crippen molar-refractivity contribution >= 4 is 5.91 Å². The number of aryl methyl sites for hydroxylation is 1. The predicted molar refractivity (Wildman–Crippen MR) is 63.6 cm³/mol. The second kappa shape index (κ2) is 5.49. The van der Waals surface area contributed by atoms with Crippen LogP contribution in [0.3, 0.4) is 0 Å². The summed E-state index contributed by atoms with van der Waals surface area (Å²) in [6.45, 7) is 1.60. The van der Waals surface area contributed by atoms with Crippen molar-refractivity contribution in [3.8, 4) is 5.75 Å². The minimum Gasteiger partial charge on any atom is -0.482 e. The van der Waals surface area contributed by atoms with Gasteiger partial charge in [0.15, 0.2) is 23.0 Å². The summed E-state index contributed by atoms with van der Waals surface area (Å²) >= 11 is 0. The number of nitrogens with zero attached hydrogens (tertiary/aromatic N) is 1. The third-order valence-electron chi connectivity index (χ3n) is 2.45. The molecule has 2 aromatic rings. The van der Waals surface area contributed by atoms with Crippen molar-refractivity contribution in [3.63, 3.8) is 0 Å². The van der Waals surface area contributed by atoms with E-state index in [4.69, 9.17) is 15.1 Å². The second-order valence-corrected chi connectivity index (χ2v) is 3.83. The molecule has 0 radical (unpaired) electrons. The van der Waals surface area contributed by atoms with E-state index in [2.05, 4.69) is 5.16 Å². The number of hydrazine groups is 1. The fraction of sp³-hybridized carbons (Fsp3) is 0.167. The highest BCUT2D eigenvalue weighted by molar-refractivity contribution is 5.91. The lowest BCUT2D eigenvalue weighted by Gasteiger charge is -2.06. The zero-order chi connectivity index (χ0) is 13.8. The van der Waals surface area contributed by atoms with Gasteiger partial charge in [-0.1, -0.05) is 17.3 Å². The Morgan fingerprint density at radius 2 is 2.37 bits per heavy atom. The maximum atomic E-state index is 13.6. The van der Waals surface area contributed by atoms with Crippen molar-refractivity contribution in [2.45, 2.75) is 13.5 Å². The van der Waals surface area contributed by atoms with Gasteiger partial charge >= 0.3 is 0 Å². The number of hydrogen-bond acceptors (Lipinski definition) is 5. The summed E-state index contributed by atoms with van der Waals surface area (Å²) in [7, 11) is 0. The van der Waals surface area contributed by atoms with Crippen LogP contribution in [0.15, 0.2) is 28.8 Å². The molecule has 6 nitrogen and oxygen atoms in total. The summed E-state index contributed by atoms with van der Waals surface area (Å²) in [6.07, 6.45) is 0. The van der Waals surface area contributed by atoms with Crippen LogP contribution in [0.1, 0.15) is 21.8 Å². The van der Waals surface area contributed by atoms with E-state index in [1.165, 1.54) is 12.1 Å². The number of nitrogen functional groups attached to an aromatic ring is 1. The van der Waals surface area contributed by atoms with Crippen LogP contribution in [0.5, 0.6) is 5.75 Å². The molecule has 2 rings (SSSR count). The number of ether oxygens (including phenoxy) is 1. The fourth-order valence-electron chi connectivity index (χ4n) is 1.44. The van der Waals surface area contributed by atoms with Crippen LogP contribution in [0, 0.1) is 12.7 Å². The van der Waals surface area contributed by atoms with E-state index < -0.39 is 11.7 Å². The molecule has 1 aromatic carbocycles. The number of carbonyl (C=O) groups excluding carboxylic acids is 1. The van der Waals surface area contributed by atoms with Crippen molar-refractivity contribution < 1.29 is 18.4 Å². The Bertz CT molecular complexity index is 598. The number of hydrogen-bond donors (Lipinski definition) is 2. The van der Waals surface area contributed by atoms with Crippen LogP contribution in [-0.2, 0) is 6.61 Å². The van der Waals surface area contributed by atoms with Gasteiger partial charge in [-0.3, -0.25) is 10.2 Å². The number of nitrogens with two attached hydrogens (primary N) is 1. The number of rotatable bonds is 4. The van der Waals surface area contributed by atoms with Gasteiger partial charge in [0.2, 0.25) is 0 Å². The molecule has 0 bridgehead atoms. The lowest BCUT2D eigenvalue weighted by atomic mass is 10.2. The molecule has 7 heteroatoms. The fourth-order valence-corrected chi connectivity index (χ4v) is 1.44. The molecule has 0 aliphatic rings. The van der Waals surface area contributed by atoms with E-state index in [0.717, 1.165) is 0 Å². The number of nitrogens with one attached hydrogen (secondary N) is 1. The number of aromatic nitrogens is 1. The second-order valence-electron chi connectivity index (χ2n) is 3.83. The number of amides is 1. The molecule has 1 aromatic heterocycles. The quantitative estimate of drug-likeness (QED) is 0.494. The largest absolute Gasteiger partial charge is 0.482 e. The monoisotopic (exact) mass is 265 g/mol. The molecule has 100 valence electrons. The van der Waals surface area contributed by atoms with E-state index in [1.807, 2.05) is 5.43 Å². The zero-order valence-electron chi connectivity index (χ0n) is 10.1. The van der Waals surface area contributed by atoms with Gasteiger partial charge in [-0.15, -0.1) is 0 Å². The van der Waals surface area contributed by atoms with E-state index in [9.17, 15) is 9.18 Å². The molecular weight excluding hydrogens is 253 g/mol. The van der Waals surface area contributed by atoms with Crippen LogP contribution >= 0.6 is 0 Å². The summed E-state index contributed by atoms with van der Waals surface area (Å²) in [5.41, 5.74) is 2.44. The van der Waals surface area contributed by atoms with Crippen molar-refractivity contribution in [2.75, 3.05) is 0 Å². The predicted octanol–water partition coefficient (Wildman–Crippen LogP) is 1.30. The number of carbonyl (C=O) groups is 1. The Morgan fingerprint density at radius 1 is 1.58 bits per heavy atom. The van der Waals surface area contributed by atoms with E-state index >= 15 is 0 Å². The summed E-state index contributed by atoms with van der Waals surface area (Å²) in [5.74, 6) is 4.36.